The Kier molecular flexibility index (Phi) is 5.73. The molecule has 0 spiro atoms. The molecule has 0 aliphatic rings. The van der Waals surface area contributed by atoms with Crippen molar-refractivity contribution < 1.29 is 18.0 Å². The monoisotopic (exact) mass is 418 g/mol. The predicted octanol–water partition coefficient (Wildman–Crippen LogP) is 3.94. The van der Waals surface area contributed by atoms with Crippen LogP contribution in [0.2, 0.25) is 0 Å². The lowest BCUT2D eigenvalue weighted by Crippen LogP contribution is -2.34. The molecule has 1 atom stereocenters. The first kappa shape index (κ1) is 21.2. The minimum Gasteiger partial charge on any atom is -0.368 e. The van der Waals surface area contributed by atoms with Gasteiger partial charge in [0.2, 0.25) is 5.91 Å². The van der Waals surface area contributed by atoms with Crippen LogP contribution in [-0.2, 0) is 18.0 Å². The topological polar surface area (TPSA) is 68.1 Å². The molecule has 2 aromatic carbocycles. The van der Waals surface area contributed by atoms with E-state index in [0.29, 0.717) is 11.4 Å². The van der Waals surface area contributed by atoms with Crippen LogP contribution in [0.25, 0.3) is 5.69 Å². The van der Waals surface area contributed by atoms with Crippen LogP contribution in [0.1, 0.15) is 18.2 Å². The van der Waals surface area contributed by atoms with Crippen molar-refractivity contribution in [2.75, 3.05) is 10.6 Å². The van der Waals surface area contributed by atoms with Crippen LogP contribution in [0.5, 0.6) is 0 Å². The quantitative estimate of drug-likeness (QED) is 0.660. The van der Waals surface area contributed by atoms with Crippen molar-refractivity contribution >= 4 is 17.3 Å². The molecular weight excluding hydrogens is 397 g/mol. The molecule has 30 heavy (non-hydrogen) atoms. The fraction of sp³-hybridized carbons (Fsp3) is 0.238. The van der Waals surface area contributed by atoms with Gasteiger partial charge in [-0.15, -0.1) is 0 Å². The number of amides is 1. The maximum Gasteiger partial charge on any atom is 0.418 e. The van der Waals surface area contributed by atoms with E-state index in [1.165, 1.54) is 29.8 Å². The van der Waals surface area contributed by atoms with Crippen molar-refractivity contribution in [3.8, 4) is 5.69 Å². The van der Waals surface area contributed by atoms with Crippen LogP contribution in [0.3, 0.4) is 0 Å². The molecular formula is C21H21F3N4O2. The highest BCUT2D eigenvalue weighted by Gasteiger charge is 2.34. The number of carbonyl (C=O) groups is 1. The van der Waals surface area contributed by atoms with Gasteiger partial charge in [0.15, 0.2) is 0 Å². The zero-order valence-electron chi connectivity index (χ0n) is 16.6. The van der Waals surface area contributed by atoms with Crippen LogP contribution >= 0.6 is 0 Å². The number of rotatable bonds is 5. The van der Waals surface area contributed by atoms with E-state index in [1.54, 1.807) is 42.9 Å². The molecule has 9 heteroatoms. The molecule has 0 radical (unpaired) electrons. The van der Waals surface area contributed by atoms with Gasteiger partial charge in [-0.3, -0.25) is 14.3 Å². The van der Waals surface area contributed by atoms with Crippen LogP contribution in [0.15, 0.2) is 59.4 Å². The van der Waals surface area contributed by atoms with E-state index in [0.717, 1.165) is 6.07 Å². The fourth-order valence-electron chi connectivity index (χ4n) is 3.10. The fourth-order valence-corrected chi connectivity index (χ4v) is 3.10. The van der Waals surface area contributed by atoms with E-state index in [9.17, 15) is 22.8 Å². The summed E-state index contributed by atoms with van der Waals surface area (Å²) in [5.74, 6) is -0.694. The molecule has 1 unspecified atom stereocenters. The molecule has 3 aromatic rings. The number of hydrogen-bond acceptors (Lipinski definition) is 3. The third-order valence-corrected chi connectivity index (χ3v) is 4.80. The molecule has 0 saturated carbocycles. The zero-order valence-corrected chi connectivity index (χ0v) is 16.6. The van der Waals surface area contributed by atoms with Crippen molar-refractivity contribution in [2.45, 2.75) is 26.1 Å². The zero-order chi connectivity index (χ0) is 22.1. The molecule has 0 bridgehead atoms. The van der Waals surface area contributed by atoms with E-state index in [4.69, 9.17) is 0 Å². The summed E-state index contributed by atoms with van der Waals surface area (Å²) in [5, 5.41) is 5.13. The molecule has 0 aliphatic carbocycles. The summed E-state index contributed by atoms with van der Waals surface area (Å²) in [7, 11) is 1.71. The summed E-state index contributed by atoms with van der Waals surface area (Å²) >= 11 is 0. The van der Waals surface area contributed by atoms with E-state index in [2.05, 4.69) is 10.6 Å². The van der Waals surface area contributed by atoms with E-state index in [1.807, 2.05) is 6.07 Å². The summed E-state index contributed by atoms with van der Waals surface area (Å²) in [6.07, 6.45) is -4.60. The normalized spacial score (nSPS) is 12.5. The predicted molar refractivity (Wildman–Crippen MR) is 109 cm³/mol. The lowest BCUT2D eigenvalue weighted by molar-refractivity contribution is -0.137. The van der Waals surface area contributed by atoms with Crippen molar-refractivity contribution in [1.82, 2.24) is 9.36 Å². The molecule has 0 aliphatic heterocycles. The summed E-state index contributed by atoms with van der Waals surface area (Å²) in [6, 6.07) is 12.7. The Morgan fingerprint density at radius 2 is 1.63 bits per heavy atom. The lowest BCUT2D eigenvalue weighted by atomic mass is 10.1. The number of nitrogens with zero attached hydrogens (tertiary/aromatic N) is 2. The van der Waals surface area contributed by atoms with Crippen molar-refractivity contribution in [3.05, 3.63) is 76.2 Å². The number of alkyl halides is 3. The van der Waals surface area contributed by atoms with Gasteiger partial charge in [-0.1, -0.05) is 30.3 Å². The highest BCUT2D eigenvalue weighted by molar-refractivity contribution is 5.97. The highest BCUT2D eigenvalue weighted by atomic mass is 19.4. The third kappa shape index (κ3) is 4.10. The molecule has 0 saturated heterocycles. The summed E-state index contributed by atoms with van der Waals surface area (Å²) in [6.45, 7) is 3.19. The molecule has 158 valence electrons. The Morgan fingerprint density at radius 3 is 2.27 bits per heavy atom. The highest BCUT2D eigenvalue weighted by Crippen LogP contribution is 2.34. The van der Waals surface area contributed by atoms with Crippen molar-refractivity contribution in [2.24, 2.45) is 7.05 Å². The SMILES string of the molecule is Cc1c(NC(C)C(=O)Nc2ccccc2C(F)(F)F)c(=O)n(-c2ccccc2)n1C. The maximum atomic E-state index is 13.1. The average Bonchev–Trinajstić information content (AvgIpc) is 2.91. The van der Waals surface area contributed by atoms with E-state index in [-0.39, 0.29) is 16.9 Å². The Bertz CT molecular complexity index is 1120. The number of aromatic nitrogens is 2. The number of benzene rings is 2. The van der Waals surface area contributed by atoms with Gasteiger partial charge in [0.1, 0.15) is 11.7 Å². The molecule has 1 aromatic heterocycles. The maximum absolute atomic E-state index is 13.1. The molecule has 6 nitrogen and oxygen atoms in total. The van der Waals surface area contributed by atoms with Gasteiger partial charge in [0.05, 0.1) is 22.6 Å². The van der Waals surface area contributed by atoms with Gasteiger partial charge in [-0.25, -0.2) is 4.68 Å². The summed E-state index contributed by atoms with van der Waals surface area (Å²) in [4.78, 5) is 25.4. The summed E-state index contributed by atoms with van der Waals surface area (Å²) < 4.78 is 42.5. The largest absolute Gasteiger partial charge is 0.418 e. The molecule has 0 fully saturated rings. The minimum atomic E-state index is -4.60. The smallest absolute Gasteiger partial charge is 0.368 e. The number of anilines is 2. The van der Waals surface area contributed by atoms with Gasteiger partial charge in [-0.2, -0.15) is 13.2 Å². The minimum absolute atomic E-state index is 0.202. The van der Waals surface area contributed by atoms with Gasteiger partial charge in [0, 0.05) is 7.05 Å². The first-order valence-corrected chi connectivity index (χ1v) is 9.19. The second-order valence-corrected chi connectivity index (χ2v) is 6.84. The Morgan fingerprint density at radius 1 is 1.03 bits per heavy atom. The average molecular weight is 418 g/mol. The summed E-state index contributed by atoms with van der Waals surface area (Å²) in [5.41, 5.74) is -0.204. The van der Waals surface area contributed by atoms with E-state index < -0.39 is 23.7 Å². The third-order valence-electron chi connectivity index (χ3n) is 4.80. The number of carbonyl (C=O) groups excluding carboxylic acids is 1. The van der Waals surface area contributed by atoms with Crippen molar-refractivity contribution in [1.29, 1.82) is 0 Å². The Labute approximate surface area is 170 Å². The first-order valence-electron chi connectivity index (χ1n) is 9.19. The standard InChI is InChI=1S/C21H21F3N4O2/c1-13(19(29)26-17-12-8-7-11-16(17)21(22,23)24)25-18-14(2)27(3)28(20(18)30)15-9-5-4-6-10-15/h4-13,25H,1-3H3,(H,26,29). The number of para-hydroxylation sites is 2. The van der Waals surface area contributed by atoms with Crippen LogP contribution < -0.4 is 16.2 Å². The van der Waals surface area contributed by atoms with Gasteiger partial charge in [0.25, 0.3) is 5.56 Å². The molecule has 2 N–H and O–H groups in total. The second kappa shape index (κ2) is 8.10. The van der Waals surface area contributed by atoms with Crippen LogP contribution in [0.4, 0.5) is 24.5 Å². The Hall–Kier alpha value is -3.49. The molecule has 1 heterocycles. The first-order chi connectivity index (χ1) is 14.1. The van der Waals surface area contributed by atoms with Gasteiger partial charge < -0.3 is 10.6 Å². The lowest BCUT2D eigenvalue weighted by Gasteiger charge is -2.17. The number of nitrogens with one attached hydrogen (secondary N) is 2. The van der Waals surface area contributed by atoms with Crippen LogP contribution in [0, 0.1) is 6.92 Å². The van der Waals surface area contributed by atoms with Crippen LogP contribution in [-0.4, -0.2) is 21.3 Å². The van der Waals surface area contributed by atoms with Gasteiger partial charge >= 0.3 is 6.18 Å². The molecule has 3 rings (SSSR count). The van der Waals surface area contributed by atoms with Crippen molar-refractivity contribution in [3.63, 3.8) is 0 Å². The van der Waals surface area contributed by atoms with E-state index >= 15 is 0 Å². The number of hydrogen-bond donors (Lipinski definition) is 2. The second-order valence-electron chi connectivity index (χ2n) is 6.84. The van der Waals surface area contributed by atoms with Gasteiger partial charge in [-0.05, 0) is 38.1 Å². The number of halogens is 3. The Balaban J connectivity index is 1.85. The molecule has 1 amide bonds.